The lowest BCUT2D eigenvalue weighted by molar-refractivity contribution is -0.249. The molecule has 9 heteroatoms. The lowest BCUT2D eigenvalue weighted by atomic mass is 9.44. The van der Waals surface area contributed by atoms with E-state index in [2.05, 4.69) is 0 Å². The molecule has 5 aliphatic carbocycles. The summed E-state index contributed by atoms with van der Waals surface area (Å²) in [5, 5.41) is 11.5. The van der Waals surface area contributed by atoms with Crippen molar-refractivity contribution in [3.63, 3.8) is 0 Å². The van der Waals surface area contributed by atoms with E-state index in [9.17, 15) is 19.5 Å². The van der Waals surface area contributed by atoms with Crippen LogP contribution in [-0.2, 0) is 28.6 Å². The molecule has 0 aromatic rings. The molecule has 1 aliphatic heterocycles. The second kappa shape index (κ2) is 7.57. The van der Waals surface area contributed by atoms with Gasteiger partial charge in [0, 0.05) is 16.7 Å². The number of Topliss-reactive ketones (excluding diaryl/α,β-unsaturated/α-hetero) is 1. The van der Waals surface area contributed by atoms with Gasteiger partial charge in [0.05, 0.1) is 18.1 Å². The van der Waals surface area contributed by atoms with Crippen molar-refractivity contribution in [1.82, 2.24) is 0 Å². The molecular weight excluding hydrogens is 486 g/mol. The maximum Gasteiger partial charge on any atom is 0.309 e. The first kappa shape index (κ1) is 25.3. The van der Waals surface area contributed by atoms with E-state index in [1.807, 2.05) is 0 Å². The molecule has 4 saturated carbocycles. The summed E-state index contributed by atoms with van der Waals surface area (Å²) in [6.45, 7) is 6.20. The lowest BCUT2D eigenvalue weighted by Gasteiger charge is -2.63. The number of esters is 1. The van der Waals surface area contributed by atoms with Crippen LogP contribution in [0, 0.1) is 28.6 Å². The summed E-state index contributed by atoms with van der Waals surface area (Å²) in [7, 11) is 0. The molecule has 7 nitrogen and oxygen atoms in total. The van der Waals surface area contributed by atoms with Gasteiger partial charge in [0.25, 0.3) is 0 Å². The van der Waals surface area contributed by atoms with Gasteiger partial charge in [-0.1, -0.05) is 13.0 Å². The third-order valence-corrected chi connectivity index (χ3v) is 10.3. The van der Waals surface area contributed by atoms with Crippen molar-refractivity contribution in [2.75, 3.05) is 6.61 Å². The third-order valence-electron chi connectivity index (χ3n) is 10.3. The zero-order valence-electron chi connectivity index (χ0n) is 21.6. The fourth-order valence-electron chi connectivity index (χ4n) is 8.48. The van der Waals surface area contributed by atoms with Crippen LogP contribution < -0.4 is 0 Å². The summed E-state index contributed by atoms with van der Waals surface area (Å²) in [5.41, 5.74) is -6.43. The number of halogens is 2. The van der Waals surface area contributed by atoms with Gasteiger partial charge in [0.1, 0.15) is 6.17 Å². The predicted molar refractivity (Wildman–Crippen MR) is 125 cm³/mol. The maximum atomic E-state index is 17.4. The SMILES string of the molecule is CC1(C)OC2CC3C4C[C@H](F)C5=CC(=O)C=C[C@]5(C)[C@@]4(F)[C@@H](O)C[C@]3(C)[C@]2(C(=O)COC(=O)C2CC2)O1. The number of aliphatic hydroxyl groups excluding tert-OH is 1. The average molecular weight is 521 g/mol. The molecule has 202 valence electrons. The van der Waals surface area contributed by atoms with E-state index in [0.717, 1.165) is 18.9 Å². The maximum absolute atomic E-state index is 17.4. The Morgan fingerprint density at radius 2 is 1.86 bits per heavy atom. The van der Waals surface area contributed by atoms with Gasteiger partial charge < -0.3 is 19.3 Å². The summed E-state index contributed by atoms with van der Waals surface area (Å²) in [5.74, 6) is -4.16. The van der Waals surface area contributed by atoms with E-state index >= 15 is 8.78 Å². The smallest absolute Gasteiger partial charge is 0.309 e. The largest absolute Gasteiger partial charge is 0.457 e. The van der Waals surface area contributed by atoms with E-state index in [1.54, 1.807) is 20.8 Å². The summed E-state index contributed by atoms with van der Waals surface area (Å²) < 4.78 is 50.9. The molecule has 37 heavy (non-hydrogen) atoms. The highest BCUT2D eigenvalue weighted by molar-refractivity contribution is 6.01. The van der Waals surface area contributed by atoms with E-state index in [4.69, 9.17) is 14.2 Å². The van der Waals surface area contributed by atoms with Crippen LogP contribution in [0.15, 0.2) is 23.8 Å². The van der Waals surface area contributed by atoms with Gasteiger partial charge >= 0.3 is 5.97 Å². The van der Waals surface area contributed by atoms with Gasteiger partial charge in [-0.15, -0.1) is 0 Å². The van der Waals surface area contributed by atoms with Gasteiger partial charge in [-0.25, -0.2) is 8.78 Å². The van der Waals surface area contributed by atoms with E-state index < -0.39 is 82.2 Å². The second-order valence-corrected chi connectivity index (χ2v) is 12.7. The molecule has 6 aliphatic rings. The van der Waals surface area contributed by atoms with Crippen molar-refractivity contribution >= 4 is 17.5 Å². The summed E-state index contributed by atoms with van der Waals surface area (Å²) >= 11 is 0. The van der Waals surface area contributed by atoms with Crippen LogP contribution in [0.3, 0.4) is 0 Å². The summed E-state index contributed by atoms with van der Waals surface area (Å²) in [6.07, 6.45) is 1.20. The first-order valence-electron chi connectivity index (χ1n) is 13.2. The van der Waals surface area contributed by atoms with Crippen LogP contribution in [0.5, 0.6) is 0 Å². The monoisotopic (exact) mass is 520 g/mol. The molecule has 0 radical (unpaired) electrons. The Morgan fingerprint density at radius 3 is 2.54 bits per heavy atom. The van der Waals surface area contributed by atoms with Crippen LogP contribution in [0.2, 0.25) is 0 Å². The number of carbonyl (C=O) groups is 3. The van der Waals surface area contributed by atoms with Crippen molar-refractivity contribution in [1.29, 1.82) is 0 Å². The Bertz CT molecular complexity index is 1140. The molecule has 1 N–H and O–H groups in total. The Labute approximate surface area is 214 Å². The number of ether oxygens (including phenoxy) is 3. The van der Waals surface area contributed by atoms with Gasteiger partial charge in [0.2, 0.25) is 5.78 Å². The molecule has 1 saturated heterocycles. The second-order valence-electron chi connectivity index (χ2n) is 12.7. The van der Waals surface area contributed by atoms with Gasteiger partial charge in [-0.2, -0.15) is 0 Å². The van der Waals surface area contributed by atoms with Crippen molar-refractivity contribution in [3.8, 4) is 0 Å². The molecule has 3 unspecified atom stereocenters. The van der Waals surface area contributed by atoms with Crippen molar-refractivity contribution in [2.45, 2.75) is 95.2 Å². The zero-order valence-corrected chi connectivity index (χ0v) is 21.6. The van der Waals surface area contributed by atoms with Gasteiger partial charge in [-0.3, -0.25) is 14.4 Å². The fourth-order valence-corrected chi connectivity index (χ4v) is 8.48. The van der Waals surface area contributed by atoms with Crippen LogP contribution in [0.25, 0.3) is 0 Å². The Balaban J connectivity index is 1.41. The van der Waals surface area contributed by atoms with Crippen LogP contribution in [0.4, 0.5) is 8.78 Å². The molecular formula is C28H34F2O7. The van der Waals surface area contributed by atoms with Crippen molar-refractivity contribution in [3.05, 3.63) is 23.8 Å². The molecule has 9 atom stereocenters. The van der Waals surface area contributed by atoms with E-state index in [0.29, 0.717) is 0 Å². The number of ketones is 2. The normalized spacial score (nSPS) is 49.4. The highest BCUT2D eigenvalue weighted by Crippen LogP contribution is 2.72. The minimum absolute atomic E-state index is 0.0472. The van der Waals surface area contributed by atoms with Crippen molar-refractivity contribution < 1.29 is 42.5 Å². The molecule has 0 bridgehead atoms. The topological polar surface area (TPSA) is 99.1 Å². The molecule has 1 heterocycles. The molecule has 0 amide bonds. The van der Waals surface area contributed by atoms with Crippen LogP contribution in [-0.4, -0.2) is 64.7 Å². The minimum atomic E-state index is -2.26. The highest BCUT2D eigenvalue weighted by atomic mass is 19.1. The molecule has 6 rings (SSSR count). The van der Waals surface area contributed by atoms with E-state index in [1.165, 1.54) is 19.1 Å². The average Bonchev–Trinajstić information content (AvgIpc) is 3.59. The first-order valence-corrected chi connectivity index (χ1v) is 13.2. The number of allylic oxidation sites excluding steroid dienone is 4. The van der Waals surface area contributed by atoms with E-state index in [-0.39, 0.29) is 30.8 Å². The Morgan fingerprint density at radius 1 is 1.16 bits per heavy atom. The number of carbonyl (C=O) groups excluding carboxylic acids is 3. The number of fused-ring (bicyclic) bond motifs is 7. The first-order chi connectivity index (χ1) is 17.2. The quantitative estimate of drug-likeness (QED) is 0.568. The van der Waals surface area contributed by atoms with Gasteiger partial charge in [-0.05, 0) is 76.5 Å². The predicted octanol–water partition coefficient (Wildman–Crippen LogP) is 3.33. The standard InChI is InChI=1S/C28H34F2O7/c1-24(2)36-22-11-16-17-10-19(29)18-9-15(31)7-8-25(18,3)27(17,30)20(32)12-26(16,4)28(22,37-24)21(33)13-35-23(34)14-5-6-14/h7-9,14,16-17,19-20,22,32H,5-6,10-13H2,1-4H3/t16?,17?,19-,20-,22?,25-,26-,27-,28+/m0/s1. The lowest BCUT2D eigenvalue weighted by Crippen LogP contribution is -2.71. The van der Waals surface area contributed by atoms with Crippen molar-refractivity contribution in [2.24, 2.45) is 28.6 Å². The molecule has 0 spiro atoms. The number of hydrogen-bond acceptors (Lipinski definition) is 7. The zero-order chi connectivity index (χ0) is 26.8. The minimum Gasteiger partial charge on any atom is -0.457 e. The molecule has 0 aromatic carbocycles. The van der Waals surface area contributed by atoms with Gasteiger partial charge in [0.15, 0.2) is 29.4 Å². The summed E-state index contributed by atoms with van der Waals surface area (Å²) in [6, 6.07) is 0. The number of alkyl halides is 2. The van der Waals surface area contributed by atoms with Crippen LogP contribution in [0.1, 0.15) is 59.8 Å². The summed E-state index contributed by atoms with van der Waals surface area (Å²) in [4.78, 5) is 38.1. The number of hydrogen-bond donors (Lipinski definition) is 1. The number of aliphatic hydroxyl groups is 1. The number of rotatable bonds is 4. The highest BCUT2D eigenvalue weighted by Gasteiger charge is 2.80. The van der Waals surface area contributed by atoms with Crippen LogP contribution >= 0.6 is 0 Å². The molecule has 5 fully saturated rings. The fraction of sp³-hybridized carbons (Fsp3) is 0.750. The Kier molecular flexibility index (Phi) is 5.18. The molecule has 0 aromatic heterocycles. The third kappa shape index (κ3) is 3.11. The Hall–Kier alpha value is -1.97.